The Balaban J connectivity index is 1.66. The van der Waals surface area contributed by atoms with E-state index < -0.39 is 10.0 Å². The normalized spacial score (nSPS) is 15.4. The molecule has 8 heteroatoms. The van der Waals surface area contributed by atoms with Crippen LogP contribution in [-0.4, -0.2) is 51.9 Å². The van der Waals surface area contributed by atoms with Crippen LogP contribution >= 0.6 is 0 Å². The maximum Gasteiger partial charge on any atom is 0.243 e. The van der Waals surface area contributed by atoms with Gasteiger partial charge in [-0.1, -0.05) is 0 Å². The third kappa shape index (κ3) is 4.40. The first-order valence-electron chi connectivity index (χ1n) is 8.67. The summed E-state index contributed by atoms with van der Waals surface area (Å²) in [6.07, 6.45) is 0. The van der Waals surface area contributed by atoms with Gasteiger partial charge in [-0.2, -0.15) is 4.31 Å². The average Bonchev–Trinajstić information content (AvgIpc) is 2.68. The van der Waals surface area contributed by atoms with Crippen LogP contribution in [-0.2, 0) is 14.8 Å². The molecule has 0 saturated carbocycles. The van der Waals surface area contributed by atoms with Crippen molar-refractivity contribution in [2.75, 3.05) is 43.5 Å². The molecule has 2 aromatic carbocycles. The number of hydrogen-bond donors (Lipinski definition) is 1. The Labute approximate surface area is 159 Å². The predicted octanol–water partition coefficient (Wildman–Crippen LogP) is 2.16. The number of methoxy groups -OCH3 is 1. The van der Waals surface area contributed by atoms with Crippen LogP contribution in [0.15, 0.2) is 53.4 Å². The highest BCUT2D eigenvalue weighted by Gasteiger charge is 2.28. The zero-order valence-corrected chi connectivity index (χ0v) is 16.2. The highest BCUT2D eigenvalue weighted by molar-refractivity contribution is 7.89. The van der Waals surface area contributed by atoms with E-state index in [0.29, 0.717) is 31.9 Å². The molecule has 1 N–H and O–H groups in total. The van der Waals surface area contributed by atoms with Gasteiger partial charge in [-0.3, -0.25) is 4.79 Å². The Hall–Kier alpha value is -2.58. The van der Waals surface area contributed by atoms with Crippen molar-refractivity contribution in [2.45, 2.75) is 11.8 Å². The molecule has 0 aromatic heterocycles. The quantitative estimate of drug-likeness (QED) is 0.848. The minimum atomic E-state index is -3.55. The van der Waals surface area contributed by atoms with Gasteiger partial charge in [0, 0.05) is 44.5 Å². The van der Waals surface area contributed by atoms with Gasteiger partial charge in [-0.05, 0) is 48.5 Å². The van der Waals surface area contributed by atoms with Crippen molar-refractivity contribution in [2.24, 2.45) is 0 Å². The zero-order chi connectivity index (χ0) is 19.4. The summed E-state index contributed by atoms with van der Waals surface area (Å²) in [5, 5.41) is 2.63. The van der Waals surface area contributed by atoms with Gasteiger partial charge in [-0.25, -0.2) is 8.42 Å². The maximum absolute atomic E-state index is 12.9. The van der Waals surface area contributed by atoms with Crippen LogP contribution in [0, 0.1) is 0 Å². The molecule has 0 spiro atoms. The number of ether oxygens (including phenoxy) is 1. The van der Waals surface area contributed by atoms with E-state index in [1.807, 2.05) is 24.3 Å². The van der Waals surface area contributed by atoms with Gasteiger partial charge in [0.05, 0.1) is 12.0 Å². The lowest BCUT2D eigenvalue weighted by molar-refractivity contribution is -0.114. The summed E-state index contributed by atoms with van der Waals surface area (Å²) in [6, 6.07) is 14.0. The standard InChI is InChI=1S/C19H23N3O4S/c1-15(23)20-16-3-9-19(10-4-16)27(24,25)22-13-11-21(12-14-22)17-5-7-18(26-2)8-6-17/h3-10H,11-14H2,1-2H3,(H,20,23). The van der Waals surface area contributed by atoms with E-state index in [4.69, 9.17) is 4.74 Å². The Kier molecular flexibility index (Phi) is 5.67. The van der Waals surface area contributed by atoms with E-state index in [1.54, 1.807) is 19.2 Å². The van der Waals surface area contributed by atoms with Gasteiger partial charge in [0.15, 0.2) is 0 Å². The second-order valence-corrected chi connectivity index (χ2v) is 8.23. The van der Waals surface area contributed by atoms with Crippen molar-refractivity contribution in [3.05, 3.63) is 48.5 Å². The molecular weight excluding hydrogens is 366 g/mol. The summed E-state index contributed by atoms with van der Waals surface area (Å²) < 4.78 is 32.4. The van der Waals surface area contributed by atoms with Crippen LogP contribution in [0.2, 0.25) is 0 Å². The topological polar surface area (TPSA) is 79.0 Å². The number of anilines is 2. The fourth-order valence-electron chi connectivity index (χ4n) is 3.04. The monoisotopic (exact) mass is 389 g/mol. The molecule has 1 heterocycles. The molecule has 0 bridgehead atoms. The van der Waals surface area contributed by atoms with Crippen molar-refractivity contribution in [3.63, 3.8) is 0 Å². The summed E-state index contributed by atoms with van der Waals surface area (Å²) in [7, 11) is -1.92. The molecule has 0 radical (unpaired) electrons. The Morgan fingerprint density at radius 2 is 1.56 bits per heavy atom. The smallest absolute Gasteiger partial charge is 0.243 e. The lowest BCUT2D eigenvalue weighted by atomic mass is 10.2. The Morgan fingerprint density at radius 3 is 2.07 bits per heavy atom. The number of sulfonamides is 1. The second-order valence-electron chi connectivity index (χ2n) is 6.29. The SMILES string of the molecule is COc1ccc(N2CCN(S(=O)(=O)c3ccc(NC(C)=O)cc3)CC2)cc1. The fourth-order valence-corrected chi connectivity index (χ4v) is 4.46. The highest BCUT2D eigenvalue weighted by Crippen LogP contribution is 2.24. The van der Waals surface area contributed by atoms with E-state index in [1.165, 1.54) is 23.4 Å². The van der Waals surface area contributed by atoms with E-state index in [9.17, 15) is 13.2 Å². The first-order valence-corrected chi connectivity index (χ1v) is 10.1. The molecular formula is C19H23N3O4S. The lowest BCUT2D eigenvalue weighted by Gasteiger charge is -2.35. The number of hydrogen-bond acceptors (Lipinski definition) is 5. The molecule has 0 unspecified atom stereocenters. The van der Waals surface area contributed by atoms with Crippen molar-refractivity contribution in [1.29, 1.82) is 0 Å². The summed E-state index contributed by atoms with van der Waals surface area (Å²) >= 11 is 0. The molecule has 1 aliphatic rings. The highest BCUT2D eigenvalue weighted by atomic mass is 32.2. The molecule has 27 heavy (non-hydrogen) atoms. The first kappa shape index (κ1) is 19.2. The predicted molar refractivity (Wildman–Crippen MR) is 105 cm³/mol. The van der Waals surface area contributed by atoms with Crippen LogP contribution in [0.4, 0.5) is 11.4 Å². The van der Waals surface area contributed by atoms with Crippen molar-refractivity contribution >= 4 is 27.3 Å². The number of carbonyl (C=O) groups excluding carboxylic acids is 1. The van der Waals surface area contributed by atoms with Gasteiger partial charge >= 0.3 is 0 Å². The molecule has 7 nitrogen and oxygen atoms in total. The summed E-state index contributed by atoms with van der Waals surface area (Å²) in [4.78, 5) is 13.5. The second kappa shape index (κ2) is 7.98. The Morgan fingerprint density at radius 1 is 0.963 bits per heavy atom. The number of nitrogens with zero attached hydrogens (tertiary/aromatic N) is 2. The molecule has 3 rings (SSSR count). The minimum Gasteiger partial charge on any atom is -0.497 e. The van der Waals surface area contributed by atoms with Crippen LogP contribution in [0.25, 0.3) is 0 Å². The van der Waals surface area contributed by atoms with Crippen LogP contribution < -0.4 is 15.0 Å². The van der Waals surface area contributed by atoms with Crippen LogP contribution in [0.3, 0.4) is 0 Å². The molecule has 2 aromatic rings. The number of nitrogens with one attached hydrogen (secondary N) is 1. The average molecular weight is 389 g/mol. The van der Waals surface area contributed by atoms with Gasteiger partial charge in [0.25, 0.3) is 0 Å². The van der Waals surface area contributed by atoms with Gasteiger partial charge in [-0.15, -0.1) is 0 Å². The molecule has 0 aliphatic carbocycles. The number of benzene rings is 2. The van der Waals surface area contributed by atoms with Crippen molar-refractivity contribution in [3.8, 4) is 5.75 Å². The molecule has 1 fully saturated rings. The third-order valence-electron chi connectivity index (χ3n) is 4.49. The van der Waals surface area contributed by atoms with E-state index >= 15 is 0 Å². The summed E-state index contributed by atoms with van der Waals surface area (Å²) in [5.74, 6) is 0.600. The van der Waals surface area contributed by atoms with Gasteiger partial charge in [0.1, 0.15) is 5.75 Å². The van der Waals surface area contributed by atoms with Crippen molar-refractivity contribution in [1.82, 2.24) is 4.31 Å². The summed E-state index contributed by atoms with van der Waals surface area (Å²) in [5.41, 5.74) is 1.62. The van der Waals surface area contributed by atoms with Crippen LogP contribution in [0.1, 0.15) is 6.92 Å². The van der Waals surface area contributed by atoms with Crippen molar-refractivity contribution < 1.29 is 17.9 Å². The molecule has 144 valence electrons. The van der Waals surface area contributed by atoms with E-state index in [2.05, 4.69) is 10.2 Å². The lowest BCUT2D eigenvalue weighted by Crippen LogP contribution is -2.48. The minimum absolute atomic E-state index is 0.194. The third-order valence-corrected chi connectivity index (χ3v) is 6.40. The first-order chi connectivity index (χ1) is 12.9. The fraction of sp³-hybridized carbons (Fsp3) is 0.316. The number of piperazine rings is 1. The summed E-state index contributed by atoms with van der Waals surface area (Å²) in [6.45, 7) is 3.49. The van der Waals surface area contributed by atoms with E-state index in [0.717, 1.165) is 11.4 Å². The molecule has 1 aliphatic heterocycles. The van der Waals surface area contributed by atoms with Crippen LogP contribution in [0.5, 0.6) is 5.75 Å². The van der Waals surface area contributed by atoms with Gasteiger partial charge in [0.2, 0.25) is 15.9 Å². The number of rotatable bonds is 5. The van der Waals surface area contributed by atoms with Gasteiger partial charge < -0.3 is 15.0 Å². The largest absolute Gasteiger partial charge is 0.497 e. The number of amides is 1. The van der Waals surface area contributed by atoms with E-state index in [-0.39, 0.29) is 10.8 Å². The molecule has 1 amide bonds. The molecule has 0 atom stereocenters. The zero-order valence-electron chi connectivity index (χ0n) is 15.4. The maximum atomic E-state index is 12.9. The Bertz CT molecular complexity index is 888. The molecule has 1 saturated heterocycles. The number of carbonyl (C=O) groups is 1.